The van der Waals surface area contributed by atoms with Crippen molar-refractivity contribution in [1.29, 1.82) is 0 Å². The third-order valence-electron chi connectivity index (χ3n) is 6.72. The van der Waals surface area contributed by atoms with Crippen LogP contribution in [0.15, 0.2) is 77.4 Å². The highest BCUT2D eigenvalue weighted by atomic mass is 19.1. The molecule has 2 amide bonds. The van der Waals surface area contributed by atoms with E-state index in [0.29, 0.717) is 45.5 Å². The monoisotopic (exact) mass is 498 g/mol. The zero-order chi connectivity index (χ0) is 26.7. The van der Waals surface area contributed by atoms with Gasteiger partial charge in [-0.15, -0.1) is 0 Å². The molecule has 0 aliphatic carbocycles. The molecule has 4 aromatic rings. The fourth-order valence-electron chi connectivity index (χ4n) is 4.34. The maximum atomic E-state index is 13.6. The van der Waals surface area contributed by atoms with Crippen molar-refractivity contribution >= 4 is 22.8 Å². The highest BCUT2D eigenvalue weighted by Gasteiger charge is 2.24. The van der Waals surface area contributed by atoms with Crippen LogP contribution in [-0.2, 0) is 0 Å². The van der Waals surface area contributed by atoms with Gasteiger partial charge in [0.25, 0.3) is 11.8 Å². The number of carbonyl (C=O) groups excluding carboxylic acids is 2. The van der Waals surface area contributed by atoms with Gasteiger partial charge in [-0.25, -0.2) is 4.39 Å². The quantitative estimate of drug-likeness (QED) is 0.265. The van der Waals surface area contributed by atoms with Gasteiger partial charge in [-0.3, -0.25) is 9.59 Å². The molecule has 1 aromatic heterocycles. The van der Waals surface area contributed by atoms with Gasteiger partial charge in [0.1, 0.15) is 17.2 Å². The number of hydrogen-bond acceptors (Lipinski definition) is 3. The van der Waals surface area contributed by atoms with Gasteiger partial charge in [0.2, 0.25) is 0 Å². The fourth-order valence-corrected chi connectivity index (χ4v) is 4.34. The van der Waals surface area contributed by atoms with E-state index >= 15 is 0 Å². The molecule has 0 radical (unpaired) electrons. The lowest BCUT2D eigenvalue weighted by molar-refractivity contribution is 0.0956. The second kappa shape index (κ2) is 10.8. The maximum absolute atomic E-state index is 13.6. The number of halogens is 1. The van der Waals surface area contributed by atoms with Crippen LogP contribution in [0.2, 0.25) is 0 Å². The Morgan fingerprint density at radius 2 is 1.73 bits per heavy atom. The molecule has 2 N–H and O–H groups in total. The van der Waals surface area contributed by atoms with Gasteiger partial charge in [0, 0.05) is 29.3 Å². The van der Waals surface area contributed by atoms with Crippen molar-refractivity contribution in [2.24, 2.45) is 0 Å². The Labute approximate surface area is 216 Å². The first-order valence-electron chi connectivity index (χ1n) is 12.4. The molecule has 1 heterocycles. The zero-order valence-corrected chi connectivity index (χ0v) is 21.6. The Bertz CT molecular complexity index is 1480. The molecule has 1 unspecified atom stereocenters. The summed E-state index contributed by atoms with van der Waals surface area (Å²) in [5.74, 6) is -0.305. The summed E-state index contributed by atoms with van der Waals surface area (Å²) in [4.78, 5) is 25.8. The number of carbonyl (C=O) groups is 2. The van der Waals surface area contributed by atoms with Crippen LogP contribution in [0.3, 0.4) is 0 Å². The molecule has 0 saturated heterocycles. The SMILES string of the molecule is C=C(CC)NC(=O)c1cccc(-c2cc3c(C(=O)NC)c(-c4ccc(F)cc4)oc3cc2C(C)CC)c1. The number of amides is 2. The average Bonchev–Trinajstić information content (AvgIpc) is 3.30. The van der Waals surface area contributed by atoms with Gasteiger partial charge in [-0.05, 0) is 84.0 Å². The van der Waals surface area contributed by atoms with Crippen LogP contribution >= 0.6 is 0 Å². The predicted octanol–water partition coefficient (Wildman–Crippen LogP) is 7.43. The summed E-state index contributed by atoms with van der Waals surface area (Å²) in [6.45, 7) is 10.0. The van der Waals surface area contributed by atoms with Crippen LogP contribution in [0.5, 0.6) is 0 Å². The lowest BCUT2D eigenvalue weighted by atomic mass is 9.88. The fraction of sp³-hybridized carbons (Fsp3) is 0.226. The molecule has 0 aliphatic heterocycles. The first kappa shape index (κ1) is 25.9. The van der Waals surface area contributed by atoms with Crippen molar-refractivity contribution in [2.45, 2.75) is 39.5 Å². The largest absolute Gasteiger partial charge is 0.455 e. The summed E-state index contributed by atoms with van der Waals surface area (Å²) in [6, 6.07) is 17.2. The molecule has 3 aromatic carbocycles. The van der Waals surface area contributed by atoms with E-state index in [1.54, 1.807) is 25.2 Å². The molecule has 1 atom stereocenters. The molecule has 0 bridgehead atoms. The normalized spacial score (nSPS) is 11.8. The smallest absolute Gasteiger partial charge is 0.255 e. The maximum Gasteiger partial charge on any atom is 0.255 e. The molecule has 0 fully saturated rings. The Balaban J connectivity index is 1.95. The molecule has 190 valence electrons. The Hall–Kier alpha value is -4.19. The van der Waals surface area contributed by atoms with E-state index in [-0.39, 0.29) is 23.5 Å². The molecule has 5 nitrogen and oxygen atoms in total. The van der Waals surface area contributed by atoms with Gasteiger partial charge < -0.3 is 15.1 Å². The lowest BCUT2D eigenvalue weighted by Crippen LogP contribution is -2.21. The van der Waals surface area contributed by atoms with Gasteiger partial charge in [-0.2, -0.15) is 0 Å². The van der Waals surface area contributed by atoms with Crippen LogP contribution in [0.4, 0.5) is 4.39 Å². The standard InChI is InChI=1S/C31H31FN2O3/c1-6-18(3)24-17-27-26(28(31(36)33-5)29(37-27)20-11-13-23(32)14-12-20)16-25(24)21-9-8-10-22(15-21)30(35)34-19(4)7-2/h8-18H,4,6-7H2,1-3,5H3,(H,33,36)(H,34,35). The number of allylic oxidation sites excluding steroid dienone is 1. The molecule has 6 heteroatoms. The summed E-state index contributed by atoms with van der Waals surface area (Å²) < 4.78 is 19.8. The van der Waals surface area contributed by atoms with Crippen molar-refractivity contribution in [3.63, 3.8) is 0 Å². The number of nitrogens with one attached hydrogen (secondary N) is 2. The lowest BCUT2D eigenvalue weighted by Gasteiger charge is -2.16. The van der Waals surface area contributed by atoms with Gasteiger partial charge in [0.15, 0.2) is 0 Å². The number of furan rings is 1. The first-order valence-corrected chi connectivity index (χ1v) is 12.4. The van der Waals surface area contributed by atoms with Crippen molar-refractivity contribution in [3.8, 4) is 22.5 Å². The molecule has 0 saturated carbocycles. The van der Waals surface area contributed by atoms with E-state index in [2.05, 4.69) is 31.1 Å². The van der Waals surface area contributed by atoms with Crippen molar-refractivity contribution < 1.29 is 18.4 Å². The van der Waals surface area contributed by atoms with Crippen molar-refractivity contribution in [1.82, 2.24) is 10.6 Å². The summed E-state index contributed by atoms with van der Waals surface area (Å²) in [7, 11) is 1.57. The highest BCUT2D eigenvalue weighted by Crippen LogP contribution is 2.40. The van der Waals surface area contributed by atoms with Crippen LogP contribution < -0.4 is 10.6 Å². The molecule has 37 heavy (non-hydrogen) atoms. The second-order valence-corrected chi connectivity index (χ2v) is 9.13. The van der Waals surface area contributed by atoms with Gasteiger partial charge in [0.05, 0.1) is 5.56 Å². The van der Waals surface area contributed by atoms with E-state index in [9.17, 15) is 14.0 Å². The number of rotatable bonds is 8. The van der Waals surface area contributed by atoms with Gasteiger partial charge in [-0.1, -0.05) is 39.5 Å². The summed E-state index contributed by atoms with van der Waals surface area (Å²) >= 11 is 0. The summed E-state index contributed by atoms with van der Waals surface area (Å²) in [5.41, 5.74) is 5.57. The zero-order valence-electron chi connectivity index (χ0n) is 21.6. The van der Waals surface area contributed by atoms with Crippen LogP contribution in [0, 0.1) is 5.82 Å². The average molecular weight is 499 g/mol. The third-order valence-corrected chi connectivity index (χ3v) is 6.72. The molecule has 0 aliphatic rings. The van der Waals surface area contributed by atoms with Crippen molar-refractivity contribution in [2.75, 3.05) is 7.05 Å². The topological polar surface area (TPSA) is 71.3 Å². The first-order chi connectivity index (χ1) is 17.8. The number of fused-ring (bicyclic) bond motifs is 1. The molecule has 0 spiro atoms. The molecule has 4 rings (SSSR count). The van der Waals surface area contributed by atoms with E-state index in [4.69, 9.17) is 4.42 Å². The van der Waals surface area contributed by atoms with Crippen molar-refractivity contribution in [3.05, 3.63) is 95.4 Å². The highest BCUT2D eigenvalue weighted by molar-refractivity contribution is 6.12. The van der Waals surface area contributed by atoms with Crippen LogP contribution in [0.25, 0.3) is 33.4 Å². The minimum atomic E-state index is -0.367. The molecular weight excluding hydrogens is 467 g/mol. The number of benzene rings is 3. The Morgan fingerprint density at radius 1 is 1.00 bits per heavy atom. The minimum Gasteiger partial charge on any atom is -0.455 e. The molecular formula is C31H31FN2O3. The second-order valence-electron chi connectivity index (χ2n) is 9.13. The summed E-state index contributed by atoms with van der Waals surface area (Å²) in [5, 5.41) is 6.18. The Kier molecular flexibility index (Phi) is 7.58. The third kappa shape index (κ3) is 5.19. The summed E-state index contributed by atoms with van der Waals surface area (Å²) in [6.07, 6.45) is 1.54. The number of hydrogen-bond donors (Lipinski definition) is 2. The predicted molar refractivity (Wildman–Crippen MR) is 146 cm³/mol. The van der Waals surface area contributed by atoms with E-state index in [1.807, 2.05) is 37.3 Å². The van der Waals surface area contributed by atoms with E-state index in [0.717, 1.165) is 23.1 Å². The van der Waals surface area contributed by atoms with Crippen LogP contribution in [0.1, 0.15) is 65.8 Å². The van der Waals surface area contributed by atoms with E-state index in [1.165, 1.54) is 12.1 Å². The Morgan fingerprint density at radius 3 is 2.38 bits per heavy atom. The van der Waals surface area contributed by atoms with E-state index < -0.39 is 0 Å². The minimum absolute atomic E-state index is 0.194. The van der Waals surface area contributed by atoms with Gasteiger partial charge >= 0.3 is 0 Å². The van der Waals surface area contributed by atoms with Crippen LogP contribution in [-0.4, -0.2) is 18.9 Å².